The molecule has 0 saturated carbocycles. The quantitative estimate of drug-likeness (QED) is 0.771. The smallest absolute Gasteiger partial charge is 0.117 e. The number of benzene rings is 1. The highest BCUT2D eigenvalue weighted by atomic mass is 16.3. The first kappa shape index (κ1) is 13.2. The van der Waals surface area contributed by atoms with E-state index in [1.807, 2.05) is 12.1 Å². The summed E-state index contributed by atoms with van der Waals surface area (Å²) in [6.07, 6.45) is 2.31. The Labute approximate surface area is 109 Å². The summed E-state index contributed by atoms with van der Waals surface area (Å²) in [5, 5.41) is 9.49. The molecule has 4 nitrogen and oxygen atoms in total. The normalized spacial score (nSPS) is 17.1. The van der Waals surface area contributed by atoms with Crippen LogP contribution in [0.5, 0.6) is 5.75 Å². The lowest BCUT2D eigenvalue weighted by molar-refractivity contribution is 0.253. The molecule has 1 aromatic carbocycles. The number of phenols is 1. The standard InChI is InChI=1S/C14H23N3O/c15-6-1-2-7-16-8-10-17(11-9-16)13-4-3-5-14(18)12-13/h3-5,12,18H,1-2,6-11,15H2. The van der Waals surface area contributed by atoms with Crippen LogP contribution in [0.15, 0.2) is 24.3 Å². The van der Waals surface area contributed by atoms with Gasteiger partial charge < -0.3 is 15.7 Å². The second kappa shape index (κ2) is 6.61. The van der Waals surface area contributed by atoms with E-state index in [4.69, 9.17) is 5.73 Å². The average molecular weight is 249 g/mol. The first-order valence-electron chi connectivity index (χ1n) is 6.76. The lowest BCUT2D eigenvalue weighted by Crippen LogP contribution is -2.46. The minimum atomic E-state index is 0.345. The van der Waals surface area contributed by atoms with Crippen LogP contribution in [0.25, 0.3) is 0 Å². The Morgan fingerprint density at radius 1 is 1.11 bits per heavy atom. The highest BCUT2D eigenvalue weighted by molar-refractivity contribution is 5.50. The van der Waals surface area contributed by atoms with Gasteiger partial charge in [-0.1, -0.05) is 6.07 Å². The molecule has 1 saturated heterocycles. The van der Waals surface area contributed by atoms with Crippen LogP contribution in [0.3, 0.4) is 0 Å². The molecule has 1 fully saturated rings. The van der Waals surface area contributed by atoms with Gasteiger partial charge >= 0.3 is 0 Å². The van der Waals surface area contributed by atoms with Crippen LogP contribution in [-0.2, 0) is 0 Å². The van der Waals surface area contributed by atoms with Gasteiger partial charge in [0.05, 0.1) is 0 Å². The third-order valence-corrected chi connectivity index (χ3v) is 3.50. The Kier molecular flexibility index (Phi) is 4.84. The number of unbranched alkanes of at least 4 members (excludes halogenated alkanes) is 1. The van der Waals surface area contributed by atoms with Crippen molar-refractivity contribution in [3.63, 3.8) is 0 Å². The number of hydrogen-bond donors (Lipinski definition) is 2. The zero-order valence-electron chi connectivity index (χ0n) is 10.9. The van der Waals surface area contributed by atoms with E-state index in [1.54, 1.807) is 6.07 Å². The fourth-order valence-corrected chi connectivity index (χ4v) is 2.40. The second-order valence-electron chi connectivity index (χ2n) is 4.84. The minimum Gasteiger partial charge on any atom is -0.508 e. The topological polar surface area (TPSA) is 52.7 Å². The molecule has 0 spiro atoms. The largest absolute Gasteiger partial charge is 0.508 e. The molecule has 100 valence electrons. The van der Waals surface area contributed by atoms with Gasteiger partial charge in [0.1, 0.15) is 5.75 Å². The maximum Gasteiger partial charge on any atom is 0.117 e. The molecule has 0 bridgehead atoms. The molecule has 0 unspecified atom stereocenters. The molecule has 0 aromatic heterocycles. The molecule has 1 heterocycles. The molecule has 1 aliphatic rings. The highest BCUT2D eigenvalue weighted by Crippen LogP contribution is 2.21. The summed E-state index contributed by atoms with van der Waals surface area (Å²) < 4.78 is 0. The van der Waals surface area contributed by atoms with Gasteiger partial charge in [-0.3, -0.25) is 4.90 Å². The van der Waals surface area contributed by atoms with E-state index in [1.165, 1.54) is 6.42 Å². The molecule has 2 rings (SSSR count). The van der Waals surface area contributed by atoms with E-state index < -0.39 is 0 Å². The molecule has 18 heavy (non-hydrogen) atoms. The molecule has 0 amide bonds. The van der Waals surface area contributed by atoms with Crippen molar-refractivity contribution in [3.05, 3.63) is 24.3 Å². The van der Waals surface area contributed by atoms with Gasteiger partial charge in [0.2, 0.25) is 0 Å². The summed E-state index contributed by atoms with van der Waals surface area (Å²) in [6, 6.07) is 7.51. The van der Waals surface area contributed by atoms with Gasteiger partial charge in [0.25, 0.3) is 0 Å². The van der Waals surface area contributed by atoms with E-state index in [2.05, 4.69) is 15.9 Å². The van der Waals surface area contributed by atoms with Crippen LogP contribution in [0.4, 0.5) is 5.69 Å². The zero-order valence-corrected chi connectivity index (χ0v) is 10.9. The van der Waals surface area contributed by atoms with Crippen molar-refractivity contribution in [2.45, 2.75) is 12.8 Å². The van der Waals surface area contributed by atoms with Crippen molar-refractivity contribution >= 4 is 5.69 Å². The Morgan fingerprint density at radius 2 is 1.89 bits per heavy atom. The number of rotatable bonds is 5. The summed E-state index contributed by atoms with van der Waals surface area (Å²) in [5.74, 6) is 0.345. The van der Waals surface area contributed by atoms with E-state index in [0.29, 0.717) is 5.75 Å². The van der Waals surface area contributed by atoms with Crippen LogP contribution in [0.1, 0.15) is 12.8 Å². The minimum absolute atomic E-state index is 0.345. The van der Waals surface area contributed by atoms with Crippen molar-refractivity contribution < 1.29 is 5.11 Å². The third kappa shape index (κ3) is 3.62. The van der Waals surface area contributed by atoms with Gasteiger partial charge in [0, 0.05) is 37.9 Å². The number of phenolic OH excluding ortho intramolecular Hbond substituents is 1. The zero-order chi connectivity index (χ0) is 12.8. The van der Waals surface area contributed by atoms with Gasteiger partial charge in [-0.05, 0) is 38.1 Å². The van der Waals surface area contributed by atoms with Crippen LogP contribution in [0, 0.1) is 0 Å². The van der Waals surface area contributed by atoms with Gasteiger partial charge in [-0.2, -0.15) is 0 Å². The van der Waals surface area contributed by atoms with Crippen LogP contribution in [0.2, 0.25) is 0 Å². The third-order valence-electron chi connectivity index (χ3n) is 3.50. The predicted molar refractivity (Wildman–Crippen MR) is 75.0 cm³/mol. The number of nitrogens with two attached hydrogens (primary N) is 1. The number of anilines is 1. The maximum atomic E-state index is 9.49. The first-order chi connectivity index (χ1) is 8.79. The van der Waals surface area contributed by atoms with Gasteiger partial charge in [-0.25, -0.2) is 0 Å². The summed E-state index contributed by atoms with van der Waals surface area (Å²) in [5.41, 5.74) is 6.63. The van der Waals surface area contributed by atoms with Gasteiger partial charge in [-0.15, -0.1) is 0 Å². The number of hydrogen-bond acceptors (Lipinski definition) is 4. The number of nitrogens with zero attached hydrogens (tertiary/aromatic N) is 2. The molecule has 1 aromatic rings. The summed E-state index contributed by atoms with van der Waals surface area (Å²) in [4.78, 5) is 4.83. The van der Waals surface area contributed by atoms with E-state index >= 15 is 0 Å². The Morgan fingerprint density at radius 3 is 2.56 bits per heavy atom. The highest BCUT2D eigenvalue weighted by Gasteiger charge is 2.16. The molecule has 4 heteroatoms. The Hall–Kier alpha value is -1.26. The lowest BCUT2D eigenvalue weighted by atomic mass is 10.2. The van der Waals surface area contributed by atoms with Crippen molar-refractivity contribution in [1.29, 1.82) is 0 Å². The molecule has 0 radical (unpaired) electrons. The lowest BCUT2D eigenvalue weighted by Gasteiger charge is -2.36. The molecule has 3 N–H and O–H groups in total. The van der Waals surface area contributed by atoms with Gasteiger partial charge in [0.15, 0.2) is 0 Å². The molecule has 0 atom stereocenters. The van der Waals surface area contributed by atoms with Crippen molar-refractivity contribution in [2.24, 2.45) is 5.73 Å². The number of aromatic hydroxyl groups is 1. The molecule has 1 aliphatic heterocycles. The summed E-state index contributed by atoms with van der Waals surface area (Å²) >= 11 is 0. The predicted octanol–water partition coefficient (Wildman–Crippen LogP) is 1.25. The fraction of sp³-hybridized carbons (Fsp3) is 0.571. The van der Waals surface area contributed by atoms with E-state index in [-0.39, 0.29) is 0 Å². The Balaban J connectivity index is 1.79. The van der Waals surface area contributed by atoms with Crippen molar-refractivity contribution in [2.75, 3.05) is 44.2 Å². The van der Waals surface area contributed by atoms with E-state index in [9.17, 15) is 5.11 Å². The molecular formula is C14H23N3O. The average Bonchev–Trinajstić information content (AvgIpc) is 2.40. The monoisotopic (exact) mass is 249 g/mol. The first-order valence-corrected chi connectivity index (χ1v) is 6.76. The van der Waals surface area contributed by atoms with Crippen LogP contribution < -0.4 is 10.6 Å². The Bertz CT molecular complexity index is 362. The fourth-order valence-electron chi connectivity index (χ4n) is 2.40. The van der Waals surface area contributed by atoms with Crippen molar-refractivity contribution in [1.82, 2.24) is 4.90 Å². The van der Waals surface area contributed by atoms with Crippen molar-refractivity contribution in [3.8, 4) is 5.75 Å². The maximum absolute atomic E-state index is 9.49. The van der Waals surface area contributed by atoms with Crippen LogP contribution in [-0.4, -0.2) is 49.3 Å². The number of piperazine rings is 1. The molecule has 0 aliphatic carbocycles. The van der Waals surface area contributed by atoms with E-state index in [0.717, 1.165) is 51.4 Å². The molecular weight excluding hydrogens is 226 g/mol. The second-order valence-corrected chi connectivity index (χ2v) is 4.84. The summed E-state index contributed by atoms with van der Waals surface area (Å²) in [7, 11) is 0. The van der Waals surface area contributed by atoms with Crippen LogP contribution >= 0.6 is 0 Å². The SMILES string of the molecule is NCCCCN1CCN(c2cccc(O)c2)CC1. The summed E-state index contributed by atoms with van der Waals surface area (Å²) in [6.45, 7) is 6.22.